The summed E-state index contributed by atoms with van der Waals surface area (Å²) in [6.45, 7) is 3.23. The SMILES string of the molecule is C=C=C(CO)CC(CO)n1cnc2c(N)ncnc21. The third-order valence-electron chi connectivity index (χ3n) is 2.91. The largest absolute Gasteiger partial charge is 0.394 e. The summed E-state index contributed by atoms with van der Waals surface area (Å²) in [4.78, 5) is 12.1. The highest BCUT2D eigenvalue weighted by Gasteiger charge is 2.17. The van der Waals surface area contributed by atoms with Crippen LogP contribution in [0.2, 0.25) is 0 Å². The quantitative estimate of drug-likeness (QED) is 0.655. The maximum atomic E-state index is 9.50. The first-order chi connectivity index (χ1) is 9.21. The van der Waals surface area contributed by atoms with Crippen molar-refractivity contribution in [1.82, 2.24) is 19.5 Å². The summed E-state index contributed by atoms with van der Waals surface area (Å²) >= 11 is 0. The van der Waals surface area contributed by atoms with Gasteiger partial charge in [-0.2, -0.15) is 0 Å². The molecule has 0 amide bonds. The molecule has 0 aliphatic carbocycles. The molecule has 100 valence electrons. The lowest BCUT2D eigenvalue weighted by molar-refractivity contribution is 0.223. The Morgan fingerprint density at radius 1 is 1.42 bits per heavy atom. The lowest BCUT2D eigenvalue weighted by atomic mass is 10.1. The van der Waals surface area contributed by atoms with Gasteiger partial charge in [-0.25, -0.2) is 15.0 Å². The Morgan fingerprint density at radius 2 is 2.21 bits per heavy atom. The number of rotatable bonds is 5. The number of aliphatic hydroxyl groups excluding tert-OH is 2. The van der Waals surface area contributed by atoms with Crippen LogP contribution in [-0.4, -0.2) is 42.9 Å². The molecule has 0 radical (unpaired) electrons. The maximum absolute atomic E-state index is 9.50. The topological polar surface area (TPSA) is 110 Å². The molecule has 0 saturated carbocycles. The Hall–Kier alpha value is -2.21. The lowest BCUT2D eigenvalue weighted by Gasteiger charge is -2.16. The molecular formula is C12H15N5O2. The zero-order valence-electron chi connectivity index (χ0n) is 10.3. The van der Waals surface area contributed by atoms with Crippen LogP contribution in [0.25, 0.3) is 11.2 Å². The van der Waals surface area contributed by atoms with E-state index < -0.39 is 0 Å². The van der Waals surface area contributed by atoms with E-state index in [-0.39, 0.29) is 19.3 Å². The average Bonchev–Trinajstić information content (AvgIpc) is 2.86. The van der Waals surface area contributed by atoms with Gasteiger partial charge < -0.3 is 20.5 Å². The first kappa shape index (κ1) is 13.2. The summed E-state index contributed by atoms with van der Waals surface area (Å²) in [7, 11) is 0. The molecule has 7 nitrogen and oxygen atoms in total. The summed E-state index contributed by atoms with van der Waals surface area (Å²) in [5.74, 6) is 0.294. The predicted molar refractivity (Wildman–Crippen MR) is 70.2 cm³/mol. The van der Waals surface area contributed by atoms with Crippen LogP contribution < -0.4 is 5.73 Å². The van der Waals surface area contributed by atoms with E-state index in [9.17, 15) is 5.11 Å². The van der Waals surface area contributed by atoms with Crippen molar-refractivity contribution >= 4 is 17.0 Å². The Bertz CT molecular complexity index is 630. The highest BCUT2D eigenvalue weighted by molar-refractivity contribution is 5.81. The van der Waals surface area contributed by atoms with Crippen LogP contribution in [0, 0.1) is 0 Å². The van der Waals surface area contributed by atoms with Gasteiger partial charge in [0.25, 0.3) is 0 Å². The molecule has 19 heavy (non-hydrogen) atoms. The van der Waals surface area contributed by atoms with Gasteiger partial charge in [-0.3, -0.25) is 0 Å². The summed E-state index contributed by atoms with van der Waals surface area (Å²) in [6, 6.07) is -0.310. The van der Waals surface area contributed by atoms with Gasteiger partial charge in [-0.05, 0) is 5.57 Å². The lowest BCUT2D eigenvalue weighted by Crippen LogP contribution is -2.14. The van der Waals surface area contributed by atoms with Gasteiger partial charge in [0.15, 0.2) is 11.5 Å². The summed E-state index contributed by atoms with van der Waals surface area (Å²) in [6.07, 6.45) is 3.31. The van der Waals surface area contributed by atoms with Crippen molar-refractivity contribution in [3.05, 3.63) is 30.5 Å². The molecule has 2 aromatic heterocycles. The fourth-order valence-electron chi connectivity index (χ4n) is 1.87. The molecule has 0 bridgehead atoms. The minimum absolute atomic E-state index is 0.124. The van der Waals surface area contributed by atoms with E-state index >= 15 is 0 Å². The monoisotopic (exact) mass is 261 g/mol. The number of imidazole rings is 1. The van der Waals surface area contributed by atoms with Gasteiger partial charge in [0.05, 0.1) is 25.6 Å². The van der Waals surface area contributed by atoms with E-state index in [0.29, 0.717) is 29.0 Å². The van der Waals surface area contributed by atoms with Gasteiger partial charge in [0.2, 0.25) is 0 Å². The molecule has 7 heteroatoms. The average molecular weight is 261 g/mol. The summed E-state index contributed by atoms with van der Waals surface area (Å²) in [5.41, 5.74) is 10.0. The first-order valence-electron chi connectivity index (χ1n) is 5.73. The first-order valence-corrected chi connectivity index (χ1v) is 5.73. The van der Waals surface area contributed by atoms with E-state index in [1.54, 1.807) is 10.9 Å². The van der Waals surface area contributed by atoms with Crippen LogP contribution in [0.1, 0.15) is 12.5 Å². The predicted octanol–water partition coefficient (Wildman–Crippen LogP) is 0.0356. The van der Waals surface area contributed by atoms with Gasteiger partial charge in [-0.15, -0.1) is 5.73 Å². The number of fused-ring (bicyclic) bond motifs is 1. The molecule has 2 aromatic rings. The van der Waals surface area contributed by atoms with Crippen molar-refractivity contribution in [3.63, 3.8) is 0 Å². The maximum Gasteiger partial charge on any atom is 0.165 e. The zero-order chi connectivity index (χ0) is 13.8. The third kappa shape index (κ3) is 2.48. The molecule has 2 heterocycles. The number of aromatic nitrogens is 4. The Morgan fingerprint density at radius 3 is 2.84 bits per heavy atom. The van der Waals surface area contributed by atoms with Crippen molar-refractivity contribution < 1.29 is 10.2 Å². The Balaban J connectivity index is 2.41. The molecule has 1 atom stereocenters. The van der Waals surface area contributed by atoms with Crippen LogP contribution in [0.3, 0.4) is 0 Å². The standard InChI is InChI=1S/C12H15N5O2/c1-2-8(4-18)3-9(5-19)17-7-16-10-11(13)14-6-15-12(10)17/h6-7,9,18-19H,1,3-5H2,(H2,13,14,15). The smallest absolute Gasteiger partial charge is 0.165 e. The van der Waals surface area contributed by atoms with Crippen LogP contribution in [0.5, 0.6) is 0 Å². The summed E-state index contributed by atoms with van der Waals surface area (Å²) < 4.78 is 1.71. The minimum atomic E-state index is -0.310. The highest BCUT2D eigenvalue weighted by atomic mass is 16.3. The molecule has 0 aliphatic rings. The van der Waals surface area contributed by atoms with E-state index in [2.05, 4.69) is 27.3 Å². The van der Waals surface area contributed by atoms with Crippen molar-refractivity contribution in [2.45, 2.75) is 12.5 Å². The van der Waals surface area contributed by atoms with Crippen molar-refractivity contribution in [2.24, 2.45) is 0 Å². The van der Waals surface area contributed by atoms with Crippen LogP contribution in [-0.2, 0) is 0 Å². The van der Waals surface area contributed by atoms with Crippen LogP contribution >= 0.6 is 0 Å². The second-order valence-corrected chi connectivity index (χ2v) is 4.06. The highest BCUT2D eigenvalue weighted by Crippen LogP contribution is 2.22. The molecule has 0 fully saturated rings. The van der Waals surface area contributed by atoms with Crippen LogP contribution in [0.4, 0.5) is 5.82 Å². The normalized spacial score (nSPS) is 12.3. The fraction of sp³-hybridized carbons (Fsp3) is 0.333. The number of nitrogens with zero attached hydrogens (tertiary/aromatic N) is 4. The molecule has 0 saturated heterocycles. The molecule has 2 rings (SSSR count). The van der Waals surface area contributed by atoms with E-state index in [0.717, 1.165) is 0 Å². The molecular weight excluding hydrogens is 246 g/mol. The van der Waals surface area contributed by atoms with Gasteiger partial charge in [-0.1, -0.05) is 6.58 Å². The van der Waals surface area contributed by atoms with Gasteiger partial charge in [0, 0.05) is 6.42 Å². The summed E-state index contributed by atoms with van der Waals surface area (Å²) in [5, 5.41) is 18.6. The zero-order valence-corrected chi connectivity index (χ0v) is 10.3. The fourth-order valence-corrected chi connectivity index (χ4v) is 1.87. The third-order valence-corrected chi connectivity index (χ3v) is 2.91. The van der Waals surface area contributed by atoms with Crippen LogP contribution in [0.15, 0.2) is 30.5 Å². The van der Waals surface area contributed by atoms with Crippen molar-refractivity contribution in [3.8, 4) is 0 Å². The number of hydrogen-bond acceptors (Lipinski definition) is 6. The van der Waals surface area contributed by atoms with E-state index in [1.165, 1.54) is 6.33 Å². The Kier molecular flexibility index (Phi) is 3.91. The molecule has 0 aliphatic heterocycles. The van der Waals surface area contributed by atoms with Gasteiger partial charge >= 0.3 is 0 Å². The minimum Gasteiger partial charge on any atom is -0.394 e. The number of nitrogens with two attached hydrogens (primary N) is 1. The van der Waals surface area contributed by atoms with Crippen molar-refractivity contribution in [2.75, 3.05) is 18.9 Å². The number of aliphatic hydroxyl groups is 2. The van der Waals surface area contributed by atoms with E-state index in [4.69, 9.17) is 10.8 Å². The Labute approximate surface area is 109 Å². The molecule has 0 spiro atoms. The number of anilines is 1. The number of hydrogen-bond donors (Lipinski definition) is 3. The number of nitrogen functional groups attached to an aromatic ring is 1. The second-order valence-electron chi connectivity index (χ2n) is 4.06. The molecule has 4 N–H and O–H groups in total. The van der Waals surface area contributed by atoms with Gasteiger partial charge in [0.1, 0.15) is 11.8 Å². The molecule has 1 unspecified atom stereocenters. The second kappa shape index (κ2) is 5.62. The molecule has 0 aromatic carbocycles. The van der Waals surface area contributed by atoms with E-state index in [1.807, 2.05) is 0 Å². The van der Waals surface area contributed by atoms with Crippen molar-refractivity contribution in [1.29, 1.82) is 0 Å².